The van der Waals surface area contributed by atoms with E-state index in [9.17, 15) is 5.26 Å². The van der Waals surface area contributed by atoms with E-state index >= 15 is 0 Å². The monoisotopic (exact) mass is 448 g/mol. The van der Waals surface area contributed by atoms with Crippen molar-refractivity contribution in [3.63, 3.8) is 0 Å². The van der Waals surface area contributed by atoms with Crippen LogP contribution < -0.4 is 22.1 Å². The Kier molecular flexibility index (Phi) is 5.26. The number of nitrogen functional groups attached to an aromatic ring is 2. The van der Waals surface area contributed by atoms with E-state index in [0.29, 0.717) is 21.4 Å². The summed E-state index contributed by atoms with van der Waals surface area (Å²) in [5, 5.41) is 24.9. The molecule has 0 bridgehead atoms. The number of guanidine groups is 1. The van der Waals surface area contributed by atoms with Gasteiger partial charge in [0.05, 0.1) is 5.69 Å². The first-order valence-electron chi connectivity index (χ1n) is 8.96. The minimum Gasteiger partial charge on any atom is -0.397 e. The summed E-state index contributed by atoms with van der Waals surface area (Å²) in [7, 11) is 0. The third-order valence-electron chi connectivity index (χ3n) is 4.78. The molecule has 0 spiro atoms. The molecule has 8 nitrogen and oxygen atoms in total. The Balaban J connectivity index is 1.82. The number of nitriles is 2. The molecule has 31 heavy (non-hydrogen) atoms. The Morgan fingerprint density at radius 1 is 1.00 bits per heavy atom. The molecular weight excluding hydrogens is 435 g/mol. The van der Waals surface area contributed by atoms with Crippen LogP contribution in [-0.4, -0.2) is 10.9 Å². The second kappa shape index (κ2) is 8.04. The Morgan fingerprint density at radius 2 is 1.68 bits per heavy atom. The first-order valence-corrected chi connectivity index (χ1v) is 9.72. The zero-order valence-electron chi connectivity index (χ0n) is 15.8. The van der Waals surface area contributed by atoms with Crippen molar-refractivity contribution in [1.29, 1.82) is 10.5 Å². The summed E-state index contributed by atoms with van der Waals surface area (Å²) < 4.78 is 0. The predicted molar refractivity (Wildman–Crippen MR) is 121 cm³/mol. The number of aromatic nitrogens is 1. The number of hydrogen-bond acceptors (Lipinski definition) is 8. The molecule has 0 aliphatic carbocycles. The lowest BCUT2D eigenvalue weighted by molar-refractivity contribution is 0.847. The number of hydrogen-bond donors (Lipinski definition) is 4. The van der Waals surface area contributed by atoms with Crippen molar-refractivity contribution < 1.29 is 0 Å². The molecule has 152 valence electrons. The molecule has 6 N–H and O–H groups in total. The molecule has 0 amide bonds. The summed E-state index contributed by atoms with van der Waals surface area (Å²) >= 11 is 12.2. The highest BCUT2D eigenvalue weighted by Crippen LogP contribution is 2.41. The van der Waals surface area contributed by atoms with Gasteiger partial charge in [-0.05, 0) is 34.9 Å². The highest BCUT2D eigenvalue weighted by Gasteiger charge is 2.29. The second-order valence-corrected chi connectivity index (χ2v) is 7.55. The molecule has 1 aliphatic rings. The van der Waals surface area contributed by atoms with Crippen molar-refractivity contribution in [3.8, 4) is 23.4 Å². The summed E-state index contributed by atoms with van der Waals surface area (Å²) in [6.45, 7) is 0. The van der Waals surface area contributed by atoms with Crippen LogP contribution in [0, 0.1) is 22.8 Å². The minimum atomic E-state index is -0.607. The number of nitrogens with two attached hydrogens (primary N) is 2. The number of nitrogens with one attached hydrogen (secondary N) is 2. The van der Waals surface area contributed by atoms with Gasteiger partial charge in [0.1, 0.15) is 29.3 Å². The molecule has 2 heterocycles. The second-order valence-electron chi connectivity index (χ2n) is 6.68. The highest BCUT2D eigenvalue weighted by molar-refractivity contribution is 6.35. The SMILES string of the molecule is N#CNC1=NC(c2ccc(-c3cc(Cl)cc(Cl)c3)cc2)c2c(nc(N)c(C#N)c2N)N1. The zero-order chi connectivity index (χ0) is 22.1. The first-order chi connectivity index (χ1) is 14.9. The molecule has 0 saturated heterocycles. The quantitative estimate of drug-likeness (QED) is 0.341. The zero-order valence-corrected chi connectivity index (χ0v) is 17.3. The number of anilines is 3. The van der Waals surface area contributed by atoms with E-state index < -0.39 is 6.04 Å². The molecule has 0 radical (unpaired) electrons. The number of benzene rings is 2. The molecule has 3 aromatic rings. The first kappa shape index (κ1) is 20.3. The maximum Gasteiger partial charge on any atom is 0.211 e. The van der Waals surface area contributed by atoms with Gasteiger partial charge in [0.15, 0.2) is 6.19 Å². The van der Waals surface area contributed by atoms with Gasteiger partial charge in [0.25, 0.3) is 0 Å². The lowest BCUT2D eigenvalue weighted by Crippen LogP contribution is -2.32. The number of aliphatic imine (C=N–C) groups is 1. The normalized spacial score (nSPS) is 14.5. The third-order valence-corrected chi connectivity index (χ3v) is 5.22. The Labute approximate surface area is 187 Å². The maximum absolute atomic E-state index is 9.42. The van der Waals surface area contributed by atoms with Crippen LogP contribution in [0.2, 0.25) is 10.0 Å². The number of halogens is 2. The fraction of sp³-hybridized carbons (Fsp3) is 0.0476. The van der Waals surface area contributed by atoms with Gasteiger partial charge in [0.2, 0.25) is 5.96 Å². The number of pyridine rings is 1. The molecule has 1 unspecified atom stereocenters. The van der Waals surface area contributed by atoms with Crippen molar-refractivity contribution in [3.05, 3.63) is 69.2 Å². The number of rotatable bonds is 2. The van der Waals surface area contributed by atoms with Crippen LogP contribution in [0.1, 0.15) is 22.7 Å². The van der Waals surface area contributed by atoms with E-state index in [2.05, 4.69) is 20.6 Å². The molecule has 1 atom stereocenters. The van der Waals surface area contributed by atoms with Crippen molar-refractivity contribution in [2.24, 2.45) is 4.99 Å². The van der Waals surface area contributed by atoms with Gasteiger partial charge in [-0.3, -0.25) is 5.32 Å². The van der Waals surface area contributed by atoms with Crippen LogP contribution >= 0.6 is 23.2 Å². The van der Waals surface area contributed by atoms with E-state index in [1.54, 1.807) is 6.07 Å². The van der Waals surface area contributed by atoms with E-state index in [-0.39, 0.29) is 23.0 Å². The van der Waals surface area contributed by atoms with Gasteiger partial charge in [-0.2, -0.15) is 10.5 Å². The molecule has 1 aliphatic heterocycles. The van der Waals surface area contributed by atoms with Crippen LogP contribution in [0.15, 0.2) is 47.5 Å². The van der Waals surface area contributed by atoms with E-state index in [1.807, 2.05) is 48.7 Å². The average Bonchev–Trinajstić information content (AvgIpc) is 2.73. The topological polar surface area (TPSA) is 149 Å². The average molecular weight is 449 g/mol. The van der Waals surface area contributed by atoms with Crippen molar-refractivity contribution in [1.82, 2.24) is 10.3 Å². The van der Waals surface area contributed by atoms with Gasteiger partial charge >= 0.3 is 0 Å². The van der Waals surface area contributed by atoms with Crippen LogP contribution in [0.5, 0.6) is 0 Å². The van der Waals surface area contributed by atoms with Gasteiger partial charge in [-0.25, -0.2) is 9.98 Å². The van der Waals surface area contributed by atoms with Gasteiger partial charge in [0, 0.05) is 15.6 Å². The molecule has 1 aromatic heterocycles. The fourth-order valence-corrected chi connectivity index (χ4v) is 3.93. The fourth-order valence-electron chi connectivity index (χ4n) is 3.40. The molecule has 2 aromatic carbocycles. The van der Waals surface area contributed by atoms with E-state index in [4.69, 9.17) is 39.9 Å². The summed E-state index contributed by atoms with van der Waals surface area (Å²) in [6, 6.07) is 14.2. The van der Waals surface area contributed by atoms with Crippen molar-refractivity contribution in [2.45, 2.75) is 6.04 Å². The summed E-state index contributed by atoms with van der Waals surface area (Å²) in [5.41, 5.74) is 15.4. The molecule has 10 heteroatoms. The molecule has 0 fully saturated rings. The minimum absolute atomic E-state index is 0.00334. The lowest BCUT2D eigenvalue weighted by Gasteiger charge is -2.26. The Hall–Kier alpha value is -3.98. The maximum atomic E-state index is 9.42. The summed E-state index contributed by atoms with van der Waals surface area (Å²) in [5.74, 6) is 0.524. The smallest absolute Gasteiger partial charge is 0.211 e. The largest absolute Gasteiger partial charge is 0.397 e. The van der Waals surface area contributed by atoms with Gasteiger partial charge < -0.3 is 16.8 Å². The van der Waals surface area contributed by atoms with Crippen LogP contribution in [0.25, 0.3) is 11.1 Å². The van der Waals surface area contributed by atoms with Gasteiger partial charge in [-0.15, -0.1) is 0 Å². The standard InChI is InChI=1S/C21H14Cl2N8/c22-13-5-12(6-14(23)7-13)10-1-3-11(4-2-10)18-16-17(26)15(8-24)19(27)30-20(16)31-21(29-18)28-9-25/h1-7,18H,(H6,26,27,28,29,30,31). The molecular formula is C21H14Cl2N8. The van der Waals surface area contributed by atoms with Gasteiger partial charge in [-0.1, -0.05) is 47.5 Å². The predicted octanol–water partition coefficient (Wildman–Crippen LogP) is 4.03. The van der Waals surface area contributed by atoms with E-state index in [0.717, 1.165) is 16.7 Å². The lowest BCUT2D eigenvalue weighted by atomic mass is 9.93. The van der Waals surface area contributed by atoms with E-state index in [1.165, 1.54) is 0 Å². The van der Waals surface area contributed by atoms with Crippen LogP contribution in [0.4, 0.5) is 17.3 Å². The highest BCUT2D eigenvalue weighted by atomic mass is 35.5. The van der Waals surface area contributed by atoms with Crippen molar-refractivity contribution in [2.75, 3.05) is 16.8 Å². The van der Waals surface area contributed by atoms with Crippen LogP contribution in [0.3, 0.4) is 0 Å². The summed E-state index contributed by atoms with van der Waals surface area (Å²) in [6.07, 6.45) is 1.82. The molecule has 0 saturated carbocycles. The Morgan fingerprint density at radius 3 is 2.29 bits per heavy atom. The van der Waals surface area contributed by atoms with Crippen LogP contribution in [-0.2, 0) is 0 Å². The Bertz CT molecular complexity index is 1280. The third kappa shape index (κ3) is 3.78. The number of nitrogens with zero attached hydrogens (tertiary/aromatic N) is 4. The summed E-state index contributed by atoms with van der Waals surface area (Å²) in [4.78, 5) is 8.78. The molecule has 4 rings (SSSR count). The number of fused-ring (bicyclic) bond motifs is 1. The van der Waals surface area contributed by atoms with Crippen molar-refractivity contribution >= 4 is 46.5 Å².